The number of fused-ring (bicyclic) bond motifs is 1. The van der Waals surface area contributed by atoms with Crippen molar-refractivity contribution in [2.75, 3.05) is 33.5 Å². The van der Waals surface area contributed by atoms with Gasteiger partial charge in [0, 0.05) is 18.2 Å². The molecule has 1 aliphatic rings. The fourth-order valence-corrected chi connectivity index (χ4v) is 5.77. The Bertz CT molecular complexity index is 1670. The molecule has 1 atom stereocenters. The van der Waals surface area contributed by atoms with Gasteiger partial charge in [-0.05, 0) is 56.5 Å². The summed E-state index contributed by atoms with van der Waals surface area (Å²) < 4.78 is 24.2. The van der Waals surface area contributed by atoms with E-state index < -0.39 is 12.0 Å². The van der Waals surface area contributed by atoms with Crippen LogP contribution in [0.3, 0.4) is 0 Å². The van der Waals surface area contributed by atoms with E-state index in [2.05, 4.69) is 11.6 Å². The normalized spacial score (nSPS) is 14.8. The molecule has 222 valence electrons. The maximum atomic E-state index is 14.1. The minimum Gasteiger partial charge on any atom is -0.504 e. The third-order valence-corrected chi connectivity index (χ3v) is 7.56. The van der Waals surface area contributed by atoms with Crippen LogP contribution >= 0.6 is 11.3 Å². The Kier molecular flexibility index (Phi) is 10.4. The van der Waals surface area contributed by atoms with Crippen molar-refractivity contribution >= 4 is 23.4 Å². The average Bonchev–Trinajstić information content (AvgIpc) is 3.27. The molecule has 10 heteroatoms. The zero-order valence-electron chi connectivity index (χ0n) is 24.3. The van der Waals surface area contributed by atoms with Crippen LogP contribution in [0.25, 0.3) is 6.08 Å². The highest BCUT2D eigenvalue weighted by Gasteiger charge is 2.35. The van der Waals surface area contributed by atoms with Gasteiger partial charge in [-0.15, -0.1) is 6.58 Å². The summed E-state index contributed by atoms with van der Waals surface area (Å²) in [7, 11) is 1.53. The lowest BCUT2D eigenvalue weighted by molar-refractivity contribution is -0.140. The lowest BCUT2D eigenvalue weighted by atomic mass is 9.95. The molecular weight excluding hydrogens is 556 g/mol. The van der Waals surface area contributed by atoms with Crippen LogP contribution in [-0.2, 0) is 20.7 Å². The SMILES string of the molecule is C=CCc1cc(/C=c2/sc3n(c2=O)[C@@H](c2ccccc2OCCC)C(C(=O)OCCOC)=C(C)N=3)cc(OCC)c1O. The summed E-state index contributed by atoms with van der Waals surface area (Å²) in [6.45, 7) is 10.5. The number of phenols is 1. The van der Waals surface area contributed by atoms with E-state index in [9.17, 15) is 14.7 Å². The zero-order valence-corrected chi connectivity index (χ0v) is 25.2. The molecule has 0 aliphatic carbocycles. The highest BCUT2D eigenvalue weighted by atomic mass is 32.1. The van der Waals surface area contributed by atoms with Gasteiger partial charge in [0.15, 0.2) is 16.3 Å². The fraction of sp³-hybridized carbons (Fsp3) is 0.344. The third-order valence-electron chi connectivity index (χ3n) is 6.58. The number of nitrogens with zero attached hydrogens (tertiary/aromatic N) is 2. The molecule has 0 amide bonds. The van der Waals surface area contributed by atoms with E-state index in [-0.39, 0.29) is 30.1 Å². The van der Waals surface area contributed by atoms with Gasteiger partial charge in [-0.2, -0.15) is 0 Å². The van der Waals surface area contributed by atoms with Crippen LogP contribution in [0, 0.1) is 0 Å². The molecule has 4 rings (SSSR count). The number of benzene rings is 2. The van der Waals surface area contributed by atoms with Crippen molar-refractivity contribution < 1.29 is 28.8 Å². The van der Waals surface area contributed by atoms with Crippen molar-refractivity contribution in [3.05, 3.63) is 96.7 Å². The first-order valence-electron chi connectivity index (χ1n) is 13.8. The summed E-state index contributed by atoms with van der Waals surface area (Å²) in [5.41, 5.74) is 2.36. The molecule has 2 aromatic carbocycles. The van der Waals surface area contributed by atoms with E-state index in [1.807, 2.05) is 38.1 Å². The van der Waals surface area contributed by atoms with Crippen LogP contribution in [0.5, 0.6) is 17.2 Å². The number of esters is 1. The third kappa shape index (κ3) is 6.50. The first-order chi connectivity index (χ1) is 20.3. The van der Waals surface area contributed by atoms with Crippen LogP contribution in [0.1, 0.15) is 49.9 Å². The van der Waals surface area contributed by atoms with Gasteiger partial charge in [0.25, 0.3) is 5.56 Å². The van der Waals surface area contributed by atoms with Crippen LogP contribution in [0.2, 0.25) is 0 Å². The summed E-state index contributed by atoms with van der Waals surface area (Å²) in [5.74, 6) is 0.371. The minimum atomic E-state index is -0.818. The summed E-state index contributed by atoms with van der Waals surface area (Å²) in [5, 5.41) is 10.6. The number of ether oxygens (including phenoxy) is 4. The standard InChI is InChI=1S/C32H36N2O7S/c1-6-11-22-17-21(18-25(29(22)35)39-8-3)19-26-30(36)34-28(23-12-9-10-13-24(23)40-14-7-2)27(20(4)33-32(34)42-26)31(37)41-16-15-38-5/h6,9-10,12-13,17-19,28,35H,1,7-8,11,14-16H2,2-5H3/b26-19+/t28-/m0/s1. The number of rotatable bonds is 13. The highest BCUT2D eigenvalue weighted by molar-refractivity contribution is 7.07. The second kappa shape index (κ2) is 14.2. The topological polar surface area (TPSA) is 109 Å². The molecule has 2 heterocycles. The predicted octanol–water partition coefficient (Wildman–Crippen LogP) is 4.05. The Morgan fingerprint density at radius 1 is 1.14 bits per heavy atom. The van der Waals surface area contributed by atoms with E-state index in [1.54, 1.807) is 31.2 Å². The average molecular weight is 593 g/mol. The quantitative estimate of drug-likeness (QED) is 0.181. The molecular formula is C32H36N2O7S. The molecule has 1 aliphatic heterocycles. The first-order valence-corrected chi connectivity index (χ1v) is 14.7. The van der Waals surface area contributed by atoms with E-state index in [4.69, 9.17) is 18.9 Å². The van der Waals surface area contributed by atoms with Crippen molar-refractivity contribution in [1.29, 1.82) is 0 Å². The second-order valence-electron chi connectivity index (χ2n) is 9.55. The van der Waals surface area contributed by atoms with Gasteiger partial charge in [0.05, 0.1) is 35.6 Å². The second-order valence-corrected chi connectivity index (χ2v) is 10.6. The van der Waals surface area contributed by atoms with E-state index >= 15 is 0 Å². The summed E-state index contributed by atoms with van der Waals surface area (Å²) >= 11 is 1.22. The number of hydrogen-bond acceptors (Lipinski definition) is 9. The Morgan fingerprint density at radius 3 is 2.64 bits per heavy atom. The molecule has 0 saturated carbocycles. The molecule has 3 aromatic rings. The van der Waals surface area contributed by atoms with E-state index in [1.165, 1.54) is 23.0 Å². The maximum absolute atomic E-state index is 14.1. The fourth-order valence-electron chi connectivity index (χ4n) is 4.72. The molecule has 0 fully saturated rings. The minimum absolute atomic E-state index is 0.0475. The van der Waals surface area contributed by atoms with Gasteiger partial charge < -0.3 is 24.1 Å². The van der Waals surface area contributed by atoms with Crippen molar-refractivity contribution in [2.24, 2.45) is 4.99 Å². The van der Waals surface area contributed by atoms with Crippen LogP contribution in [0.4, 0.5) is 0 Å². The van der Waals surface area contributed by atoms with Crippen molar-refractivity contribution in [2.45, 2.75) is 39.7 Å². The highest BCUT2D eigenvalue weighted by Crippen LogP contribution is 2.36. The smallest absolute Gasteiger partial charge is 0.338 e. The number of methoxy groups -OCH3 is 1. The molecule has 1 N–H and O–H groups in total. The molecule has 0 bridgehead atoms. The summed E-state index contributed by atoms with van der Waals surface area (Å²) in [6, 6.07) is 10.1. The number of para-hydroxylation sites is 1. The van der Waals surface area contributed by atoms with Gasteiger partial charge in [0.2, 0.25) is 0 Å². The van der Waals surface area contributed by atoms with E-state index in [0.29, 0.717) is 62.9 Å². The van der Waals surface area contributed by atoms with Gasteiger partial charge in [-0.1, -0.05) is 42.5 Å². The summed E-state index contributed by atoms with van der Waals surface area (Å²) in [6.07, 6.45) is 4.65. The van der Waals surface area contributed by atoms with Crippen molar-refractivity contribution in [3.8, 4) is 17.2 Å². The molecule has 0 unspecified atom stereocenters. The van der Waals surface area contributed by atoms with Gasteiger partial charge >= 0.3 is 5.97 Å². The number of carbonyl (C=O) groups excluding carboxylic acids is 1. The van der Waals surface area contributed by atoms with Crippen LogP contribution in [-0.4, -0.2) is 49.2 Å². The van der Waals surface area contributed by atoms with Gasteiger partial charge in [-0.25, -0.2) is 9.79 Å². The molecule has 0 spiro atoms. The van der Waals surface area contributed by atoms with Crippen molar-refractivity contribution in [1.82, 2.24) is 4.57 Å². The first kappa shape index (κ1) is 30.8. The lowest BCUT2D eigenvalue weighted by Gasteiger charge is -2.26. The lowest BCUT2D eigenvalue weighted by Crippen LogP contribution is -2.40. The number of allylic oxidation sites excluding steroid dienone is 2. The Hall–Kier alpha value is -4.15. The van der Waals surface area contributed by atoms with Gasteiger partial charge in [-0.3, -0.25) is 9.36 Å². The number of phenolic OH excluding ortho intramolecular Hbond substituents is 1. The number of hydrogen-bond donors (Lipinski definition) is 1. The Balaban J connectivity index is 1.93. The molecule has 9 nitrogen and oxygen atoms in total. The number of aromatic hydroxyl groups is 1. The number of thiazole rings is 1. The number of aromatic nitrogens is 1. The molecule has 0 radical (unpaired) electrons. The monoisotopic (exact) mass is 592 g/mol. The molecule has 42 heavy (non-hydrogen) atoms. The predicted molar refractivity (Wildman–Crippen MR) is 162 cm³/mol. The number of carbonyl (C=O) groups is 1. The molecule has 0 saturated heterocycles. The maximum Gasteiger partial charge on any atom is 0.338 e. The van der Waals surface area contributed by atoms with E-state index in [0.717, 1.165) is 6.42 Å². The zero-order chi connectivity index (χ0) is 30.2. The largest absolute Gasteiger partial charge is 0.504 e. The Labute approximate surface area is 248 Å². The van der Waals surface area contributed by atoms with Gasteiger partial charge in [0.1, 0.15) is 18.4 Å². The van der Waals surface area contributed by atoms with Crippen LogP contribution in [0.15, 0.2) is 70.1 Å². The van der Waals surface area contributed by atoms with Crippen molar-refractivity contribution in [3.63, 3.8) is 0 Å². The summed E-state index contributed by atoms with van der Waals surface area (Å²) in [4.78, 5) is 32.7. The Morgan fingerprint density at radius 2 is 1.93 bits per heavy atom. The van der Waals surface area contributed by atoms with Crippen LogP contribution < -0.4 is 24.4 Å². The molecule has 1 aromatic heterocycles.